The third-order valence-electron chi connectivity index (χ3n) is 6.57. The largest absolute Gasteiger partial charge is 0.0804 e. The van der Waals surface area contributed by atoms with Gasteiger partial charge < -0.3 is 0 Å². The molecule has 6 aliphatic rings. The van der Waals surface area contributed by atoms with E-state index in [0.29, 0.717) is 23.7 Å². The second-order valence-corrected chi connectivity index (χ2v) is 7.66. The maximum absolute atomic E-state index is 2.51. The Bertz CT molecular complexity index is 728. The van der Waals surface area contributed by atoms with Crippen molar-refractivity contribution in [2.75, 3.05) is 0 Å². The number of rotatable bonds is 0. The van der Waals surface area contributed by atoms with Gasteiger partial charge in [-0.1, -0.05) is 48.6 Å². The maximum atomic E-state index is 2.51. The number of hydrogen-bond acceptors (Lipinski definition) is 0. The molecular formula is C22H20. The van der Waals surface area contributed by atoms with Crippen molar-refractivity contribution in [3.8, 4) is 0 Å². The average Bonchev–Trinajstić information content (AvgIpc) is 2.60. The lowest BCUT2D eigenvalue weighted by atomic mass is 9.69. The van der Waals surface area contributed by atoms with Crippen LogP contribution in [-0.4, -0.2) is 0 Å². The Balaban J connectivity index is 1.63. The lowest BCUT2D eigenvalue weighted by molar-refractivity contribution is 0.552. The van der Waals surface area contributed by atoms with Crippen LogP contribution in [0.3, 0.4) is 0 Å². The van der Waals surface area contributed by atoms with Gasteiger partial charge in [0.05, 0.1) is 0 Å². The summed E-state index contributed by atoms with van der Waals surface area (Å²) < 4.78 is 0. The summed E-state index contributed by atoms with van der Waals surface area (Å²) in [7, 11) is 0. The fourth-order valence-corrected chi connectivity index (χ4v) is 5.38. The summed E-state index contributed by atoms with van der Waals surface area (Å²) in [4.78, 5) is 0. The first-order valence-electron chi connectivity index (χ1n) is 8.85. The van der Waals surface area contributed by atoms with Gasteiger partial charge in [-0.2, -0.15) is 0 Å². The molecule has 0 N–H and O–H groups in total. The molecule has 0 nitrogen and oxygen atoms in total. The molecule has 0 fully saturated rings. The summed E-state index contributed by atoms with van der Waals surface area (Å²) >= 11 is 0. The minimum absolute atomic E-state index is 0.678. The second-order valence-electron chi connectivity index (χ2n) is 7.66. The van der Waals surface area contributed by atoms with Gasteiger partial charge in [-0.25, -0.2) is 0 Å². The van der Waals surface area contributed by atoms with Crippen LogP contribution in [0.5, 0.6) is 0 Å². The summed E-state index contributed by atoms with van der Waals surface area (Å²) in [6.45, 7) is 0. The van der Waals surface area contributed by atoms with Gasteiger partial charge in [0.25, 0.3) is 0 Å². The van der Waals surface area contributed by atoms with E-state index in [2.05, 4.69) is 48.6 Å². The third-order valence-corrected chi connectivity index (χ3v) is 6.57. The molecule has 0 spiro atoms. The fourth-order valence-electron chi connectivity index (χ4n) is 5.38. The maximum Gasteiger partial charge on any atom is 0.00216 e. The Morgan fingerprint density at radius 1 is 0.455 bits per heavy atom. The van der Waals surface area contributed by atoms with Gasteiger partial charge in [-0.3, -0.25) is 0 Å². The quantitative estimate of drug-likeness (QED) is 0.528. The highest BCUT2D eigenvalue weighted by Crippen LogP contribution is 2.49. The van der Waals surface area contributed by atoms with E-state index in [1.165, 1.54) is 36.5 Å². The lowest BCUT2D eigenvalue weighted by Gasteiger charge is -2.36. The normalized spacial score (nSPS) is 33.3. The zero-order valence-electron chi connectivity index (χ0n) is 12.8. The lowest BCUT2D eigenvalue weighted by Crippen LogP contribution is -2.18. The van der Waals surface area contributed by atoms with Crippen LogP contribution in [-0.2, 0) is 0 Å². The van der Waals surface area contributed by atoms with E-state index in [9.17, 15) is 0 Å². The first-order chi connectivity index (χ1) is 10.9. The smallest absolute Gasteiger partial charge is 0.00216 e. The number of hydrogen-bond donors (Lipinski definition) is 0. The van der Waals surface area contributed by atoms with Crippen LogP contribution in [0, 0.1) is 0 Å². The molecule has 0 aliphatic heterocycles. The van der Waals surface area contributed by atoms with Gasteiger partial charge in [-0.05, 0) is 58.7 Å². The molecule has 0 saturated carbocycles. The molecule has 22 heavy (non-hydrogen) atoms. The molecule has 2 aromatic carbocycles. The Hall–Kier alpha value is -1.82. The van der Waals surface area contributed by atoms with E-state index in [-0.39, 0.29) is 0 Å². The molecule has 8 rings (SSSR count). The number of allylic oxidation sites excluding steroid dienone is 4. The standard InChI is InChI=1S/C22H20/c1-2-14-4-3-13(1)19-9-17-11-21-15-5-7-16(8-6-15)22(21)12-18(17)10-20(14)19/h1-2,5,7,9-16H,3-4,6,8H2. The van der Waals surface area contributed by atoms with Crippen molar-refractivity contribution in [2.45, 2.75) is 49.4 Å². The van der Waals surface area contributed by atoms with E-state index in [4.69, 9.17) is 0 Å². The highest BCUT2D eigenvalue weighted by Gasteiger charge is 2.31. The summed E-state index contributed by atoms with van der Waals surface area (Å²) in [5.41, 5.74) is 6.45. The van der Waals surface area contributed by atoms with Gasteiger partial charge in [0, 0.05) is 23.7 Å². The van der Waals surface area contributed by atoms with E-state index in [1.807, 2.05) is 0 Å². The zero-order chi connectivity index (χ0) is 14.3. The van der Waals surface area contributed by atoms with Crippen LogP contribution in [0.2, 0.25) is 0 Å². The molecule has 4 atom stereocenters. The summed E-state index contributed by atoms with van der Waals surface area (Å²) in [6.07, 6.45) is 15.2. The van der Waals surface area contributed by atoms with E-state index in [0.717, 1.165) is 0 Å². The van der Waals surface area contributed by atoms with Gasteiger partial charge in [-0.15, -0.1) is 0 Å². The predicted octanol–water partition coefficient (Wildman–Crippen LogP) is 5.90. The Morgan fingerprint density at radius 2 is 0.727 bits per heavy atom. The zero-order valence-corrected chi connectivity index (χ0v) is 12.8. The van der Waals surface area contributed by atoms with Crippen LogP contribution in [0.4, 0.5) is 0 Å². The minimum atomic E-state index is 0.678. The van der Waals surface area contributed by atoms with E-state index < -0.39 is 0 Å². The van der Waals surface area contributed by atoms with Gasteiger partial charge >= 0.3 is 0 Å². The highest BCUT2D eigenvalue weighted by atomic mass is 14.4. The Kier molecular flexibility index (Phi) is 2.09. The first kappa shape index (κ1) is 11.7. The van der Waals surface area contributed by atoms with E-state index in [1.54, 1.807) is 22.3 Å². The van der Waals surface area contributed by atoms with Crippen molar-refractivity contribution in [3.05, 3.63) is 70.8 Å². The van der Waals surface area contributed by atoms with Crippen LogP contribution >= 0.6 is 0 Å². The minimum Gasteiger partial charge on any atom is -0.0804 e. The Labute approximate surface area is 131 Å². The molecular weight excluding hydrogens is 264 g/mol. The van der Waals surface area contributed by atoms with Gasteiger partial charge in [0.15, 0.2) is 0 Å². The van der Waals surface area contributed by atoms with Crippen molar-refractivity contribution in [1.82, 2.24) is 0 Å². The SMILES string of the molecule is C1=CC2CCC1c1cc3cc4c(cc3cc12)C1C=CC4CC1. The van der Waals surface area contributed by atoms with Crippen LogP contribution in [0.15, 0.2) is 48.6 Å². The molecule has 0 aromatic heterocycles. The number of benzene rings is 2. The molecule has 4 unspecified atom stereocenters. The molecule has 0 heterocycles. The van der Waals surface area contributed by atoms with Crippen LogP contribution in [0.1, 0.15) is 71.6 Å². The van der Waals surface area contributed by atoms with Crippen molar-refractivity contribution in [3.63, 3.8) is 0 Å². The first-order valence-corrected chi connectivity index (χ1v) is 8.85. The molecule has 0 heteroatoms. The van der Waals surface area contributed by atoms with Gasteiger partial charge in [0.1, 0.15) is 0 Å². The molecule has 4 bridgehead atoms. The van der Waals surface area contributed by atoms with Crippen molar-refractivity contribution < 1.29 is 0 Å². The molecule has 0 amide bonds. The van der Waals surface area contributed by atoms with Crippen LogP contribution < -0.4 is 0 Å². The van der Waals surface area contributed by atoms with Crippen molar-refractivity contribution >= 4 is 10.8 Å². The molecule has 108 valence electrons. The monoisotopic (exact) mass is 284 g/mol. The van der Waals surface area contributed by atoms with Crippen molar-refractivity contribution in [2.24, 2.45) is 0 Å². The topological polar surface area (TPSA) is 0 Å². The second kappa shape index (κ2) is 3.93. The third kappa shape index (κ3) is 1.39. The van der Waals surface area contributed by atoms with Crippen LogP contribution in [0.25, 0.3) is 10.8 Å². The predicted molar refractivity (Wildman–Crippen MR) is 91.7 cm³/mol. The fraction of sp³-hybridized carbons (Fsp3) is 0.364. The summed E-state index contributed by atoms with van der Waals surface area (Å²) in [6, 6.07) is 10.0. The summed E-state index contributed by atoms with van der Waals surface area (Å²) in [5.74, 6) is 2.71. The molecule has 2 aromatic rings. The van der Waals surface area contributed by atoms with Gasteiger partial charge in [0.2, 0.25) is 0 Å². The molecule has 0 saturated heterocycles. The van der Waals surface area contributed by atoms with Crippen molar-refractivity contribution in [1.29, 1.82) is 0 Å². The Morgan fingerprint density at radius 3 is 0.955 bits per heavy atom. The highest BCUT2D eigenvalue weighted by molar-refractivity contribution is 5.87. The molecule has 6 aliphatic carbocycles. The van der Waals surface area contributed by atoms with E-state index >= 15 is 0 Å². The molecule has 0 radical (unpaired) electrons. The summed E-state index contributed by atoms with van der Waals surface area (Å²) in [5, 5.41) is 2.94. The number of fused-ring (bicyclic) bond motifs is 3. The average molecular weight is 284 g/mol.